The standard InChI is InChI=1S/C6H9ClOS/c1-3-5(7)6(9)8-4-2/h3,5H,1,4H2,2H3. The van der Waals surface area contributed by atoms with Gasteiger partial charge in [-0.25, -0.2) is 0 Å². The van der Waals surface area contributed by atoms with Gasteiger partial charge in [-0.05, 0) is 19.1 Å². The second-order valence-corrected chi connectivity index (χ2v) is 2.26. The number of hydrogen-bond donors (Lipinski definition) is 0. The molecule has 0 saturated carbocycles. The highest BCUT2D eigenvalue weighted by Crippen LogP contribution is 2.01. The molecule has 0 spiro atoms. The zero-order valence-corrected chi connectivity index (χ0v) is 6.84. The minimum atomic E-state index is -0.333. The Bertz CT molecular complexity index is 114. The van der Waals surface area contributed by atoms with Crippen molar-refractivity contribution in [2.75, 3.05) is 6.61 Å². The van der Waals surface area contributed by atoms with E-state index in [0.29, 0.717) is 11.7 Å². The number of ether oxygens (including phenoxy) is 1. The fourth-order valence-electron chi connectivity index (χ4n) is 0.318. The molecular formula is C6H9ClOS. The first kappa shape index (κ1) is 8.92. The van der Waals surface area contributed by atoms with Gasteiger partial charge in [0.25, 0.3) is 0 Å². The summed E-state index contributed by atoms with van der Waals surface area (Å²) in [4.78, 5) is 0. The van der Waals surface area contributed by atoms with E-state index in [4.69, 9.17) is 28.6 Å². The van der Waals surface area contributed by atoms with Gasteiger partial charge in [-0.15, -0.1) is 18.2 Å². The average molecular weight is 165 g/mol. The molecule has 0 aliphatic carbocycles. The van der Waals surface area contributed by atoms with E-state index in [0.717, 1.165) is 0 Å². The van der Waals surface area contributed by atoms with Gasteiger partial charge in [0.1, 0.15) is 5.38 Å². The molecule has 3 heteroatoms. The molecule has 1 nitrogen and oxygen atoms in total. The van der Waals surface area contributed by atoms with E-state index >= 15 is 0 Å². The van der Waals surface area contributed by atoms with Crippen LogP contribution in [0.2, 0.25) is 0 Å². The zero-order valence-electron chi connectivity index (χ0n) is 5.26. The van der Waals surface area contributed by atoms with Crippen molar-refractivity contribution in [2.45, 2.75) is 12.3 Å². The number of alkyl halides is 1. The summed E-state index contributed by atoms with van der Waals surface area (Å²) in [6, 6.07) is 0. The Morgan fingerprint density at radius 3 is 2.89 bits per heavy atom. The molecule has 1 unspecified atom stereocenters. The van der Waals surface area contributed by atoms with Crippen LogP contribution < -0.4 is 0 Å². The third kappa shape index (κ3) is 3.49. The summed E-state index contributed by atoms with van der Waals surface area (Å²) in [5.41, 5.74) is 0. The number of hydrogen-bond acceptors (Lipinski definition) is 2. The van der Waals surface area contributed by atoms with Crippen LogP contribution in [-0.2, 0) is 4.74 Å². The summed E-state index contributed by atoms with van der Waals surface area (Å²) in [6.45, 7) is 5.89. The van der Waals surface area contributed by atoms with Crippen molar-refractivity contribution in [1.29, 1.82) is 0 Å². The van der Waals surface area contributed by atoms with E-state index in [9.17, 15) is 0 Å². The highest BCUT2D eigenvalue weighted by Gasteiger charge is 2.05. The maximum Gasteiger partial charge on any atom is 0.181 e. The third-order valence-corrected chi connectivity index (χ3v) is 1.60. The summed E-state index contributed by atoms with van der Waals surface area (Å²) < 4.78 is 4.92. The molecule has 0 N–H and O–H groups in total. The van der Waals surface area contributed by atoms with E-state index < -0.39 is 0 Å². The van der Waals surface area contributed by atoms with E-state index in [2.05, 4.69) is 6.58 Å². The van der Waals surface area contributed by atoms with Crippen molar-refractivity contribution >= 4 is 28.9 Å². The Morgan fingerprint density at radius 1 is 2.00 bits per heavy atom. The monoisotopic (exact) mass is 164 g/mol. The fraction of sp³-hybridized carbons (Fsp3) is 0.500. The van der Waals surface area contributed by atoms with Crippen molar-refractivity contribution in [3.63, 3.8) is 0 Å². The van der Waals surface area contributed by atoms with Crippen LogP contribution >= 0.6 is 23.8 Å². The van der Waals surface area contributed by atoms with E-state index in [-0.39, 0.29) is 5.38 Å². The van der Waals surface area contributed by atoms with Gasteiger partial charge in [-0.1, -0.05) is 6.08 Å². The topological polar surface area (TPSA) is 9.23 Å². The van der Waals surface area contributed by atoms with Gasteiger partial charge >= 0.3 is 0 Å². The molecule has 0 radical (unpaired) electrons. The van der Waals surface area contributed by atoms with Gasteiger partial charge in [0.05, 0.1) is 6.61 Å². The maximum absolute atomic E-state index is 5.61. The van der Waals surface area contributed by atoms with Crippen LogP contribution in [0.4, 0.5) is 0 Å². The van der Waals surface area contributed by atoms with E-state index in [1.807, 2.05) is 6.92 Å². The molecule has 0 aromatic rings. The maximum atomic E-state index is 5.61. The average Bonchev–Trinajstić information content (AvgIpc) is 1.87. The van der Waals surface area contributed by atoms with Crippen molar-refractivity contribution in [2.24, 2.45) is 0 Å². The molecule has 0 amide bonds. The SMILES string of the molecule is C=CC(Cl)C(=S)OCC. The van der Waals surface area contributed by atoms with Crippen molar-refractivity contribution in [3.05, 3.63) is 12.7 Å². The first-order chi connectivity index (χ1) is 4.22. The predicted octanol–water partition coefficient (Wildman–Crippen LogP) is 2.14. The van der Waals surface area contributed by atoms with Crippen LogP contribution in [-0.4, -0.2) is 17.0 Å². The lowest BCUT2D eigenvalue weighted by Crippen LogP contribution is -2.12. The molecule has 0 aliphatic heterocycles. The number of thiocarbonyl (C=S) groups is 1. The highest BCUT2D eigenvalue weighted by atomic mass is 35.5. The predicted molar refractivity (Wildman–Crippen MR) is 44.1 cm³/mol. The molecule has 1 atom stereocenters. The second kappa shape index (κ2) is 4.77. The Kier molecular flexibility index (Phi) is 4.72. The van der Waals surface area contributed by atoms with E-state index in [1.165, 1.54) is 0 Å². The van der Waals surface area contributed by atoms with Crippen molar-refractivity contribution < 1.29 is 4.74 Å². The molecule has 0 aliphatic rings. The summed E-state index contributed by atoms with van der Waals surface area (Å²) in [5.74, 6) is 0. The molecule has 0 fully saturated rings. The number of halogens is 1. The minimum absolute atomic E-state index is 0.333. The smallest absolute Gasteiger partial charge is 0.181 e. The largest absolute Gasteiger partial charge is 0.485 e. The zero-order chi connectivity index (χ0) is 7.28. The normalized spacial score (nSPS) is 12.2. The van der Waals surface area contributed by atoms with Crippen LogP contribution in [0.3, 0.4) is 0 Å². The van der Waals surface area contributed by atoms with Gasteiger partial charge in [0, 0.05) is 0 Å². The molecular weight excluding hydrogens is 156 g/mol. The Hall–Kier alpha value is -0.0800. The quantitative estimate of drug-likeness (QED) is 0.359. The summed E-state index contributed by atoms with van der Waals surface area (Å²) >= 11 is 10.4. The van der Waals surface area contributed by atoms with Crippen LogP contribution in [0, 0.1) is 0 Å². The van der Waals surface area contributed by atoms with Crippen molar-refractivity contribution in [1.82, 2.24) is 0 Å². The van der Waals surface area contributed by atoms with Crippen LogP contribution in [0.5, 0.6) is 0 Å². The molecule has 0 bridgehead atoms. The summed E-state index contributed by atoms with van der Waals surface area (Å²) in [7, 11) is 0. The molecule has 0 rings (SSSR count). The molecule has 9 heavy (non-hydrogen) atoms. The van der Waals surface area contributed by atoms with Gasteiger partial charge in [-0.3, -0.25) is 0 Å². The third-order valence-electron chi connectivity index (χ3n) is 0.719. The minimum Gasteiger partial charge on any atom is -0.485 e. The fourth-order valence-corrected chi connectivity index (χ4v) is 0.595. The number of rotatable bonds is 3. The molecule has 0 heterocycles. The molecule has 0 aromatic carbocycles. The molecule has 52 valence electrons. The lowest BCUT2D eigenvalue weighted by atomic mass is 10.4. The van der Waals surface area contributed by atoms with Crippen LogP contribution in [0.25, 0.3) is 0 Å². The Labute approximate surface area is 65.6 Å². The highest BCUT2D eigenvalue weighted by molar-refractivity contribution is 7.80. The van der Waals surface area contributed by atoms with E-state index in [1.54, 1.807) is 6.08 Å². The van der Waals surface area contributed by atoms with Crippen LogP contribution in [0.15, 0.2) is 12.7 Å². The van der Waals surface area contributed by atoms with Crippen molar-refractivity contribution in [3.8, 4) is 0 Å². The Balaban J connectivity index is 3.58. The first-order valence-corrected chi connectivity index (χ1v) is 3.50. The van der Waals surface area contributed by atoms with Crippen LogP contribution in [0.1, 0.15) is 6.92 Å². The summed E-state index contributed by atoms with van der Waals surface area (Å²) in [6.07, 6.45) is 1.54. The van der Waals surface area contributed by atoms with Gasteiger partial charge in [0.2, 0.25) is 0 Å². The lowest BCUT2D eigenvalue weighted by Gasteiger charge is -2.05. The Morgan fingerprint density at radius 2 is 2.56 bits per heavy atom. The van der Waals surface area contributed by atoms with Gasteiger partial charge in [0.15, 0.2) is 5.05 Å². The molecule has 0 aromatic heterocycles. The second-order valence-electron chi connectivity index (χ2n) is 1.39. The van der Waals surface area contributed by atoms with Gasteiger partial charge < -0.3 is 4.74 Å². The lowest BCUT2D eigenvalue weighted by molar-refractivity contribution is 0.331. The molecule has 0 saturated heterocycles. The first-order valence-electron chi connectivity index (χ1n) is 2.65. The van der Waals surface area contributed by atoms with Gasteiger partial charge in [-0.2, -0.15) is 0 Å². The summed E-state index contributed by atoms with van der Waals surface area (Å²) in [5, 5.41) is 0.0640.